The van der Waals surface area contributed by atoms with E-state index in [9.17, 15) is 34.5 Å². The lowest BCUT2D eigenvalue weighted by molar-refractivity contribution is -0.133. The van der Waals surface area contributed by atoms with E-state index >= 15 is 0 Å². The van der Waals surface area contributed by atoms with Crippen molar-refractivity contribution in [3.8, 4) is 5.75 Å². The average Bonchev–Trinajstić information content (AvgIpc) is 2.91. The maximum Gasteiger partial charge on any atom is 0.255 e. The van der Waals surface area contributed by atoms with Crippen LogP contribution in [0.4, 0.5) is 0 Å². The number of ketones is 2. The topological polar surface area (TPSA) is 173 Å². The lowest BCUT2D eigenvalue weighted by atomic mass is 9.60. The Kier molecular flexibility index (Phi) is 8.96. The maximum atomic E-state index is 13.8. The molecule has 3 aliphatic carbocycles. The van der Waals surface area contributed by atoms with Crippen molar-refractivity contribution < 1.29 is 34.5 Å². The van der Waals surface area contributed by atoms with E-state index in [0.29, 0.717) is 5.56 Å². The van der Waals surface area contributed by atoms with Crippen LogP contribution in [-0.2, 0) is 16.0 Å². The third-order valence-corrected chi connectivity index (χ3v) is 9.09. The Morgan fingerprint density at radius 2 is 1.83 bits per heavy atom. The Balaban J connectivity index is 1.68. The SMILES string of the molecule is CCN(CC)CCCC(C)NC(=O)c1ccc(O)c2c1C[C@H]1C[C@H]3[C@H](N(C)C)C(=O)C(C(N)=O)=C(O)[C@@]3(O)C=C1C2=O. The molecule has 0 bridgehead atoms. The largest absolute Gasteiger partial charge is 0.508 e. The van der Waals surface area contributed by atoms with Gasteiger partial charge in [-0.25, -0.2) is 0 Å². The average molecular weight is 583 g/mol. The Morgan fingerprint density at radius 3 is 2.43 bits per heavy atom. The van der Waals surface area contributed by atoms with Crippen LogP contribution in [0.15, 0.2) is 35.1 Å². The number of aliphatic hydroxyl groups excluding tert-OH is 1. The molecule has 0 fully saturated rings. The van der Waals surface area contributed by atoms with Gasteiger partial charge in [0.15, 0.2) is 11.6 Å². The molecule has 11 nitrogen and oxygen atoms in total. The van der Waals surface area contributed by atoms with Gasteiger partial charge in [-0.15, -0.1) is 0 Å². The van der Waals surface area contributed by atoms with E-state index in [1.165, 1.54) is 18.2 Å². The number of nitrogens with two attached hydrogens (primary N) is 1. The lowest BCUT2D eigenvalue weighted by Gasteiger charge is -2.49. The number of phenolic OH excluding ortho intramolecular Hbond substituents is 1. The standard InChI is InChI=1S/C31H42N4O7/c1-6-35(7-2)12-8-9-16(3)33-30(41)18-10-11-22(36)23-19(18)13-17-14-21-25(34(4)5)27(38)24(29(32)40)28(39)31(21,42)15-20(17)26(23)37/h10-11,15-17,21,25,36,39,42H,6-9,12-14H2,1-5H3,(H2,32,40)(H,33,41)/t16?,17-,21-,25-,31+/m0/s1. The first kappa shape index (κ1) is 31.4. The van der Waals surface area contributed by atoms with Gasteiger partial charge in [0.1, 0.15) is 22.7 Å². The third kappa shape index (κ3) is 5.36. The van der Waals surface area contributed by atoms with Crippen molar-refractivity contribution in [2.75, 3.05) is 33.7 Å². The summed E-state index contributed by atoms with van der Waals surface area (Å²) in [5.41, 5.74) is 3.30. The van der Waals surface area contributed by atoms with Crippen molar-refractivity contribution in [2.24, 2.45) is 17.6 Å². The van der Waals surface area contributed by atoms with Crippen LogP contribution < -0.4 is 11.1 Å². The number of benzene rings is 1. The summed E-state index contributed by atoms with van der Waals surface area (Å²) in [5, 5.41) is 36.4. The number of phenols is 1. The Morgan fingerprint density at radius 1 is 1.17 bits per heavy atom. The summed E-state index contributed by atoms with van der Waals surface area (Å²) >= 11 is 0. The monoisotopic (exact) mass is 582 g/mol. The molecule has 0 saturated heterocycles. The van der Waals surface area contributed by atoms with E-state index < -0.39 is 52.3 Å². The molecule has 1 aromatic carbocycles. The molecule has 0 radical (unpaired) electrons. The van der Waals surface area contributed by atoms with Gasteiger partial charge < -0.3 is 31.3 Å². The molecular formula is C31H42N4O7. The first-order valence-electron chi connectivity index (χ1n) is 14.6. The van der Waals surface area contributed by atoms with Gasteiger partial charge in [0, 0.05) is 23.1 Å². The number of carbonyl (C=O) groups is 4. The number of amides is 2. The van der Waals surface area contributed by atoms with Gasteiger partial charge in [-0.05, 0) is 96.0 Å². The number of rotatable bonds is 10. The Hall–Kier alpha value is -3.54. The van der Waals surface area contributed by atoms with E-state index in [1.54, 1.807) is 19.0 Å². The van der Waals surface area contributed by atoms with Crippen molar-refractivity contribution in [2.45, 2.75) is 64.1 Å². The van der Waals surface area contributed by atoms with Gasteiger partial charge >= 0.3 is 0 Å². The second-order valence-corrected chi connectivity index (χ2v) is 11.9. The van der Waals surface area contributed by atoms with Crippen LogP contribution in [0.2, 0.25) is 0 Å². The van der Waals surface area contributed by atoms with Gasteiger partial charge in [0.25, 0.3) is 11.8 Å². The predicted molar refractivity (Wildman–Crippen MR) is 156 cm³/mol. The first-order chi connectivity index (χ1) is 19.8. The lowest BCUT2D eigenvalue weighted by Crippen LogP contribution is -2.61. The number of Topliss-reactive ketones (excluding diaryl/α,β-unsaturated/α-hetero) is 2. The van der Waals surface area contributed by atoms with Crippen LogP contribution in [0.5, 0.6) is 5.75 Å². The number of fused-ring (bicyclic) bond motifs is 3. The molecule has 1 unspecified atom stereocenters. The number of nitrogens with zero attached hydrogens (tertiary/aromatic N) is 2. The van der Waals surface area contributed by atoms with E-state index in [-0.39, 0.29) is 47.2 Å². The highest BCUT2D eigenvalue weighted by molar-refractivity contribution is 6.22. The quantitative estimate of drug-likeness (QED) is 0.256. The van der Waals surface area contributed by atoms with E-state index in [4.69, 9.17) is 5.73 Å². The second kappa shape index (κ2) is 12.0. The summed E-state index contributed by atoms with van der Waals surface area (Å²) in [6, 6.07) is 1.71. The van der Waals surface area contributed by atoms with Gasteiger partial charge in [0.05, 0.1) is 11.6 Å². The molecule has 5 atom stereocenters. The highest BCUT2D eigenvalue weighted by Gasteiger charge is 2.58. The second-order valence-electron chi connectivity index (χ2n) is 11.9. The van der Waals surface area contributed by atoms with Gasteiger partial charge in [0.2, 0.25) is 0 Å². The molecule has 228 valence electrons. The van der Waals surface area contributed by atoms with Crippen LogP contribution in [0, 0.1) is 11.8 Å². The summed E-state index contributed by atoms with van der Waals surface area (Å²) in [5.74, 6) is -5.38. The van der Waals surface area contributed by atoms with Crippen LogP contribution in [0.25, 0.3) is 0 Å². The molecule has 0 spiro atoms. The van der Waals surface area contributed by atoms with Gasteiger partial charge in [-0.1, -0.05) is 13.8 Å². The zero-order valence-corrected chi connectivity index (χ0v) is 24.9. The van der Waals surface area contributed by atoms with Crippen molar-refractivity contribution in [3.05, 3.63) is 51.8 Å². The minimum absolute atomic E-state index is 0.0315. The first-order valence-corrected chi connectivity index (χ1v) is 14.6. The number of hydrogen-bond acceptors (Lipinski definition) is 9. The van der Waals surface area contributed by atoms with Crippen molar-refractivity contribution in [3.63, 3.8) is 0 Å². The molecule has 3 aliphatic rings. The fraction of sp³-hybridized carbons (Fsp3) is 0.548. The third-order valence-electron chi connectivity index (χ3n) is 9.09. The molecule has 6 N–H and O–H groups in total. The smallest absolute Gasteiger partial charge is 0.255 e. The Labute approximate surface area is 246 Å². The minimum Gasteiger partial charge on any atom is -0.508 e. The number of allylic oxidation sites excluding steroid dienone is 1. The maximum absolute atomic E-state index is 13.8. The number of likely N-dealkylation sites (N-methyl/N-ethyl adjacent to an activating group) is 1. The molecule has 11 heteroatoms. The molecule has 42 heavy (non-hydrogen) atoms. The molecule has 0 saturated carbocycles. The molecule has 1 aromatic rings. The Bertz CT molecular complexity index is 1360. The number of nitrogens with one attached hydrogen (secondary N) is 1. The van der Waals surface area contributed by atoms with E-state index in [2.05, 4.69) is 24.1 Å². The number of primary amides is 1. The normalized spacial score (nSPS) is 26.0. The number of hydrogen-bond donors (Lipinski definition) is 5. The highest BCUT2D eigenvalue weighted by Crippen LogP contribution is 2.50. The zero-order valence-electron chi connectivity index (χ0n) is 24.9. The number of aromatic hydroxyl groups is 1. The van der Waals surface area contributed by atoms with E-state index in [1.807, 2.05) is 6.92 Å². The molecule has 4 rings (SSSR count). The fourth-order valence-corrected chi connectivity index (χ4v) is 6.85. The fourth-order valence-electron chi connectivity index (χ4n) is 6.85. The van der Waals surface area contributed by atoms with Crippen LogP contribution >= 0.6 is 0 Å². The molecule has 0 heterocycles. The number of carbonyl (C=O) groups excluding carboxylic acids is 4. The van der Waals surface area contributed by atoms with E-state index in [0.717, 1.165) is 32.5 Å². The summed E-state index contributed by atoms with van der Waals surface area (Å²) < 4.78 is 0. The summed E-state index contributed by atoms with van der Waals surface area (Å²) in [7, 11) is 3.24. The highest BCUT2D eigenvalue weighted by atomic mass is 16.3. The summed E-state index contributed by atoms with van der Waals surface area (Å²) in [6.07, 6.45) is 3.20. The van der Waals surface area contributed by atoms with Crippen LogP contribution in [0.3, 0.4) is 0 Å². The molecular weight excluding hydrogens is 540 g/mol. The number of aliphatic hydroxyl groups is 2. The van der Waals surface area contributed by atoms with Crippen molar-refractivity contribution in [1.82, 2.24) is 15.1 Å². The molecule has 2 amide bonds. The summed E-state index contributed by atoms with van der Waals surface area (Å²) in [4.78, 5) is 56.4. The summed E-state index contributed by atoms with van der Waals surface area (Å²) in [6.45, 7) is 9.02. The van der Waals surface area contributed by atoms with Crippen molar-refractivity contribution in [1.29, 1.82) is 0 Å². The zero-order chi connectivity index (χ0) is 31.1. The predicted octanol–water partition coefficient (Wildman–Crippen LogP) is 1.48. The molecule has 0 aromatic heterocycles. The minimum atomic E-state index is -2.20. The molecule has 0 aliphatic heterocycles. The van der Waals surface area contributed by atoms with Gasteiger partial charge in [-0.2, -0.15) is 0 Å². The van der Waals surface area contributed by atoms with Crippen LogP contribution in [0.1, 0.15) is 66.3 Å². The van der Waals surface area contributed by atoms with Gasteiger partial charge in [-0.3, -0.25) is 24.1 Å². The van der Waals surface area contributed by atoms with Crippen molar-refractivity contribution >= 4 is 23.4 Å². The van der Waals surface area contributed by atoms with Crippen LogP contribution in [-0.4, -0.2) is 99.9 Å².